The Morgan fingerprint density at radius 1 is 1.17 bits per heavy atom. The molecule has 10 heteroatoms. The Labute approximate surface area is 241 Å². The lowest BCUT2D eigenvalue weighted by Gasteiger charge is -2.14. The predicted octanol–water partition coefficient (Wildman–Crippen LogP) is 6.16. The van der Waals surface area contributed by atoms with E-state index in [9.17, 15) is 14.0 Å². The molecule has 2 aromatic heterocycles. The highest BCUT2D eigenvalue weighted by atomic mass is 35.5. The minimum atomic E-state index is -0.872. The van der Waals surface area contributed by atoms with Crippen LogP contribution in [0, 0.1) is 11.7 Å². The van der Waals surface area contributed by atoms with Gasteiger partial charge in [-0.2, -0.15) is 0 Å². The van der Waals surface area contributed by atoms with Gasteiger partial charge in [-0.05, 0) is 80.6 Å². The van der Waals surface area contributed by atoms with E-state index in [1.807, 2.05) is 18.2 Å². The maximum Gasteiger partial charge on any atom is 0.303 e. The van der Waals surface area contributed by atoms with Gasteiger partial charge in [-0.15, -0.1) is 0 Å². The molecule has 2 heterocycles. The first-order chi connectivity index (χ1) is 19.9. The third-order valence-electron chi connectivity index (χ3n) is 7.05. The van der Waals surface area contributed by atoms with Gasteiger partial charge < -0.3 is 14.9 Å². The molecule has 8 nitrogen and oxygen atoms in total. The first-order valence-electron chi connectivity index (χ1n) is 13.6. The van der Waals surface area contributed by atoms with E-state index in [0.29, 0.717) is 65.6 Å². The monoisotopic (exact) mass is 576 g/mol. The van der Waals surface area contributed by atoms with E-state index in [4.69, 9.17) is 26.2 Å². The molecule has 2 N–H and O–H groups in total. The number of carbonyl (C=O) groups is 1. The first-order valence-corrected chi connectivity index (χ1v) is 14.0. The zero-order valence-electron chi connectivity index (χ0n) is 22.4. The summed E-state index contributed by atoms with van der Waals surface area (Å²) in [5, 5.41) is 17.8. The molecular formula is C31H30ClFN4O4. The van der Waals surface area contributed by atoms with Crippen molar-refractivity contribution in [2.45, 2.75) is 45.1 Å². The molecule has 0 fully saturated rings. The molecule has 0 aliphatic heterocycles. The van der Waals surface area contributed by atoms with Gasteiger partial charge in [0, 0.05) is 29.5 Å². The number of aromatic nitrogens is 3. The number of fused-ring (bicyclic) bond motifs is 1. The van der Waals surface area contributed by atoms with Crippen molar-refractivity contribution in [3.63, 3.8) is 0 Å². The van der Waals surface area contributed by atoms with Crippen LogP contribution >= 0.6 is 11.6 Å². The number of nitrogens with one attached hydrogen (secondary N) is 1. The Kier molecular flexibility index (Phi) is 9.06. The molecule has 0 spiro atoms. The molecule has 0 bridgehead atoms. The Bertz CT molecular complexity index is 1660. The molecule has 212 valence electrons. The van der Waals surface area contributed by atoms with Crippen molar-refractivity contribution in [3.8, 4) is 16.9 Å². The van der Waals surface area contributed by atoms with E-state index in [1.165, 1.54) is 28.8 Å². The van der Waals surface area contributed by atoms with Crippen LogP contribution in [-0.2, 0) is 17.8 Å². The van der Waals surface area contributed by atoms with Crippen LogP contribution in [0.3, 0.4) is 0 Å². The van der Waals surface area contributed by atoms with Crippen molar-refractivity contribution in [3.05, 3.63) is 99.5 Å². The van der Waals surface area contributed by atoms with Crippen LogP contribution in [0.4, 0.5) is 4.39 Å². The molecule has 1 aliphatic carbocycles. The van der Waals surface area contributed by atoms with Gasteiger partial charge in [-0.1, -0.05) is 35.0 Å². The summed E-state index contributed by atoms with van der Waals surface area (Å²) in [6.45, 7) is 1.36. The molecule has 5 rings (SSSR count). The molecule has 0 saturated carbocycles. The Hall–Kier alpha value is -4.08. The van der Waals surface area contributed by atoms with E-state index in [0.717, 1.165) is 30.0 Å². The number of halogens is 2. The number of benzene rings is 2. The van der Waals surface area contributed by atoms with E-state index in [-0.39, 0.29) is 12.0 Å². The average molecular weight is 577 g/mol. The molecule has 0 saturated heterocycles. The lowest BCUT2D eigenvalue weighted by Crippen LogP contribution is -2.24. The first kappa shape index (κ1) is 28.4. The number of hydrogen-bond donors (Lipinski definition) is 2. The maximum atomic E-state index is 13.6. The topological polar surface area (TPSA) is 110 Å². The highest BCUT2D eigenvalue weighted by molar-refractivity contribution is 6.31. The van der Waals surface area contributed by atoms with Gasteiger partial charge >= 0.3 is 5.97 Å². The van der Waals surface area contributed by atoms with Crippen molar-refractivity contribution in [2.75, 3.05) is 6.54 Å². The van der Waals surface area contributed by atoms with Gasteiger partial charge in [0.1, 0.15) is 17.3 Å². The zero-order valence-corrected chi connectivity index (χ0v) is 23.1. The molecule has 0 amide bonds. The quantitative estimate of drug-likeness (QED) is 0.194. The molecule has 1 aliphatic rings. The van der Waals surface area contributed by atoms with Gasteiger partial charge in [-0.25, -0.2) is 9.37 Å². The highest BCUT2D eigenvalue weighted by Gasteiger charge is 2.16. The van der Waals surface area contributed by atoms with Gasteiger partial charge in [0.15, 0.2) is 5.76 Å². The summed E-state index contributed by atoms with van der Waals surface area (Å²) in [5.74, 6) is 0.362. The minimum Gasteiger partial charge on any atom is -0.481 e. The lowest BCUT2D eigenvalue weighted by atomic mass is 9.97. The van der Waals surface area contributed by atoms with Crippen LogP contribution in [-0.4, -0.2) is 32.3 Å². The van der Waals surface area contributed by atoms with E-state index < -0.39 is 11.8 Å². The van der Waals surface area contributed by atoms with Crippen LogP contribution in [0.2, 0.25) is 0 Å². The predicted molar refractivity (Wildman–Crippen MR) is 155 cm³/mol. The summed E-state index contributed by atoms with van der Waals surface area (Å²) in [4.78, 5) is 29.3. The molecule has 41 heavy (non-hydrogen) atoms. The van der Waals surface area contributed by atoms with Gasteiger partial charge in [0.25, 0.3) is 5.56 Å². The second kappa shape index (κ2) is 13.1. The van der Waals surface area contributed by atoms with Crippen molar-refractivity contribution in [2.24, 2.45) is 5.92 Å². The van der Waals surface area contributed by atoms with Crippen LogP contribution < -0.4 is 10.9 Å². The minimum absolute atomic E-state index is 0.0334. The van der Waals surface area contributed by atoms with Gasteiger partial charge in [-0.3, -0.25) is 14.2 Å². The van der Waals surface area contributed by atoms with E-state index in [2.05, 4.69) is 16.5 Å². The molecule has 4 aromatic rings. The van der Waals surface area contributed by atoms with E-state index in [1.54, 1.807) is 18.2 Å². The second-order valence-electron chi connectivity index (χ2n) is 10.1. The summed E-state index contributed by atoms with van der Waals surface area (Å²) in [6, 6.07) is 12.8. The smallest absolute Gasteiger partial charge is 0.303 e. The van der Waals surface area contributed by atoms with Gasteiger partial charge in [0.05, 0.1) is 23.1 Å². The number of rotatable bonds is 12. The number of carboxylic acid groups (broad SMARTS) is 1. The normalized spacial score (nSPS) is 14.9. The summed E-state index contributed by atoms with van der Waals surface area (Å²) in [7, 11) is 0. The lowest BCUT2D eigenvalue weighted by molar-refractivity contribution is -0.137. The zero-order chi connectivity index (χ0) is 28.8. The Morgan fingerprint density at radius 3 is 2.76 bits per heavy atom. The Morgan fingerprint density at radius 2 is 2.00 bits per heavy atom. The van der Waals surface area contributed by atoms with Crippen molar-refractivity contribution < 1.29 is 18.8 Å². The number of allylic oxidation sites excluding steroid dienone is 4. The third-order valence-corrected chi connectivity index (χ3v) is 7.33. The van der Waals surface area contributed by atoms with Crippen LogP contribution in [0.25, 0.3) is 27.8 Å². The van der Waals surface area contributed by atoms with E-state index >= 15 is 0 Å². The number of hydrogen-bond acceptors (Lipinski definition) is 6. The van der Waals surface area contributed by atoms with Gasteiger partial charge in [0.2, 0.25) is 0 Å². The fourth-order valence-electron chi connectivity index (χ4n) is 4.86. The average Bonchev–Trinajstić information content (AvgIpc) is 3.44. The van der Waals surface area contributed by atoms with Crippen LogP contribution in [0.15, 0.2) is 81.1 Å². The SMILES string of the molecule is O=C(O)CCCCc1nc2cc(-c3cc(CNCCC4C=CC(Cl)=CC4)on3)ccc2c(=O)n1-c1ccc(F)cc1. The molecule has 0 radical (unpaired) electrons. The number of aryl methyl sites for hydroxylation is 1. The van der Waals surface area contributed by atoms with Crippen molar-refractivity contribution in [1.29, 1.82) is 0 Å². The molecule has 1 unspecified atom stereocenters. The number of aliphatic carboxylic acids is 1. The largest absolute Gasteiger partial charge is 0.481 e. The summed E-state index contributed by atoms with van der Waals surface area (Å²) in [6.07, 6.45) is 9.45. The molecule has 2 aromatic carbocycles. The second-order valence-corrected chi connectivity index (χ2v) is 10.5. The van der Waals surface area contributed by atoms with Crippen molar-refractivity contribution >= 4 is 28.5 Å². The Balaban J connectivity index is 1.34. The summed E-state index contributed by atoms with van der Waals surface area (Å²) < 4.78 is 20.6. The number of nitrogens with zero attached hydrogens (tertiary/aromatic N) is 3. The molecular weight excluding hydrogens is 547 g/mol. The number of unbranched alkanes of at least 4 members (excludes halogenated alkanes) is 1. The molecule has 1 atom stereocenters. The fraction of sp³-hybridized carbons (Fsp3) is 0.290. The summed E-state index contributed by atoms with van der Waals surface area (Å²) in [5.41, 5.74) is 2.10. The van der Waals surface area contributed by atoms with Crippen molar-refractivity contribution in [1.82, 2.24) is 20.0 Å². The van der Waals surface area contributed by atoms with Crippen LogP contribution in [0.1, 0.15) is 43.7 Å². The third kappa shape index (κ3) is 7.17. The maximum absolute atomic E-state index is 13.6. The van der Waals surface area contributed by atoms with Crippen LogP contribution in [0.5, 0.6) is 0 Å². The summed E-state index contributed by atoms with van der Waals surface area (Å²) >= 11 is 5.99. The standard InChI is InChI=1S/C31H30ClFN4O4/c32-22-8-5-20(6-9-22)15-16-34-19-25-18-27(36-41-25)21-7-14-26-28(17-21)35-29(3-1-2-4-30(38)39)37(31(26)40)24-12-10-23(33)11-13-24/h5,7-14,17-18,20,34H,1-4,6,15-16,19H2,(H,38,39). The number of carboxylic acids is 1. The highest BCUT2D eigenvalue weighted by Crippen LogP contribution is 2.24. The fourth-order valence-corrected chi connectivity index (χ4v) is 5.02.